The number of para-hydroxylation sites is 1. The fourth-order valence-electron chi connectivity index (χ4n) is 3.80. The maximum Gasteiger partial charge on any atom is 0.336 e. The lowest BCUT2D eigenvalue weighted by Crippen LogP contribution is -2.23. The molecular weight excluding hydrogens is 438 g/mol. The molecule has 0 radical (unpaired) electrons. The van der Waals surface area contributed by atoms with Crippen molar-refractivity contribution in [1.82, 2.24) is 9.40 Å². The Labute approximate surface area is 191 Å². The first kappa shape index (κ1) is 22.3. The minimum atomic E-state index is -3.92. The maximum atomic E-state index is 12.9. The SMILES string of the molecule is CCc1c/c(=N/NS(=O)(=O)c2ccc(-c3ccccc3C(=O)O)cc2)c2ccccc2n1C. The Hall–Kier alpha value is -3.91. The highest BCUT2D eigenvalue weighted by molar-refractivity contribution is 7.89. The van der Waals surface area contributed by atoms with E-state index in [-0.39, 0.29) is 10.5 Å². The van der Waals surface area contributed by atoms with E-state index in [1.54, 1.807) is 30.3 Å². The number of pyridine rings is 1. The fraction of sp³-hybridized carbons (Fsp3) is 0.120. The van der Waals surface area contributed by atoms with E-state index in [0.29, 0.717) is 16.5 Å². The molecule has 0 spiro atoms. The third kappa shape index (κ3) is 4.38. The van der Waals surface area contributed by atoms with Gasteiger partial charge in [-0.1, -0.05) is 55.5 Å². The van der Waals surface area contributed by atoms with Crippen LogP contribution in [0.25, 0.3) is 22.0 Å². The molecule has 1 aromatic heterocycles. The number of carbonyl (C=O) groups is 1. The van der Waals surface area contributed by atoms with Crippen LogP contribution in [-0.2, 0) is 23.5 Å². The van der Waals surface area contributed by atoms with Gasteiger partial charge in [-0.2, -0.15) is 18.4 Å². The highest BCUT2D eigenvalue weighted by atomic mass is 32.2. The molecule has 7 nitrogen and oxygen atoms in total. The van der Waals surface area contributed by atoms with Crippen LogP contribution in [0.3, 0.4) is 0 Å². The number of benzene rings is 3. The van der Waals surface area contributed by atoms with Gasteiger partial charge in [-0.25, -0.2) is 4.79 Å². The van der Waals surface area contributed by atoms with E-state index in [4.69, 9.17) is 0 Å². The quantitative estimate of drug-likeness (QED) is 0.425. The molecule has 0 saturated heterocycles. The van der Waals surface area contributed by atoms with Crippen LogP contribution in [0.2, 0.25) is 0 Å². The minimum absolute atomic E-state index is 0.0318. The first-order valence-electron chi connectivity index (χ1n) is 10.4. The van der Waals surface area contributed by atoms with Crippen LogP contribution in [0.5, 0.6) is 0 Å². The van der Waals surface area contributed by atoms with E-state index < -0.39 is 16.0 Å². The summed E-state index contributed by atoms with van der Waals surface area (Å²) in [5, 5.41) is 15.0. The fourth-order valence-corrected chi connectivity index (χ4v) is 4.62. The molecule has 0 bridgehead atoms. The highest BCUT2D eigenvalue weighted by Crippen LogP contribution is 2.25. The zero-order valence-electron chi connectivity index (χ0n) is 18.2. The molecule has 33 heavy (non-hydrogen) atoms. The van der Waals surface area contributed by atoms with Gasteiger partial charge in [0.05, 0.1) is 21.3 Å². The van der Waals surface area contributed by atoms with Crippen LogP contribution in [0.4, 0.5) is 0 Å². The summed E-state index contributed by atoms with van der Waals surface area (Å²) in [4.78, 5) is 13.9. The average Bonchev–Trinajstić information content (AvgIpc) is 2.84. The molecule has 168 valence electrons. The molecular formula is C25H23N3O4S. The van der Waals surface area contributed by atoms with E-state index in [1.165, 1.54) is 18.2 Å². The van der Waals surface area contributed by atoms with Crippen LogP contribution in [0, 0.1) is 0 Å². The zero-order chi connectivity index (χ0) is 23.6. The van der Waals surface area contributed by atoms with Gasteiger partial charge in [0, 0.05) is 18.1 Å². The van der Waals surface area contributed by atoms with Gasteiger partial charge >= 0.3 is 5.97 Å². The lowest BCUT2D eigenvalue weighted by Gasteiger charge is -2.12. The van der Waals surface area contributed by atoms with Gasteiger partial charge in [-0.3, -0.25) is 0 Å². The predicted octanol–water partition coefficient (Wildman–Crippen LogP) is 3.90. The van der Waals surface area contributed by atoms with Gasteiger partial charge in [0.25, 0.3) is 10.0 Å². The number of sulfonamides is 1. The number of aromatic nitrogens is 1. The topological polar surface area (TPSA) is 101 Å². The molecule has 0 fully saturated rings. The molecule has 2 N–H and O–H groups in total. The second-order valence-corrected chi connectivity index (χ2v) is 9.19. The number of aromatic carboxylic acids is 1. The molecule has 0 unspecified atom stereocenters. The van der Waals surface area contributed by atoms with Crippen molar-refractivity contribution in [3.05, 3.63) is 95.5 Å². The normalized spacial score (nSPS) is 12.1. The van der Waals surface area contributed by atoms with Crippen LogP contribution < -0.4 is 10.2 Å². The van der Waals surface area contributed by atoms with Gasteiger partial charge in [0.2, 0.25) is 0 Å². The molecule has 0 saturated carbocycles. The van der Waals surface area contributed by atoms with Crippen LogP contribution >= 0.6 is 0 Å². The summed E-state index contributed by atoms with van der Waals surface area (Å²) >= 11 is 0. The number of hydrogen-bond acceptors (Lipinski definition) is 4. The van der Waals surface area contributed by atoms with Crippen molar-refractivity contribution in [3.63, 3.8) is 0 Å². The molecule has 0 amide bonds. The standard InChI is InChI=1S/C25H23N3O4S/c1-3-18-16-23(22-10-6-7-11-24(22)28(18)2)26-27-33(31,32)19-14-12-17(13-15-19)20-8-4-5-9-21(20)25(29)30/h4-16,27H,3H2,1-2H3,(H,29,30)/b26-23-. The van der Waals surface area contributed by atoms with E-state index in [9.17, 15) is 18.3 Å². The van der Waals surface area contributed by atoms with Crippen LogP contribution in [0.15, 0.2) is 88.9 Å². The monoisotopic (exact) mass is 461 g/mol. The molecule has 3 aromatic carbocycles. The average molecular weight is 462 g/mol. The maximum absolute atomic E-state index is 12.9. The zero-order valence-corrected chi connectivity index (χ0v) is 19.0. The molecule has 0 atom stereocenters. The summed E-state index contributed by atoms with van der Waals surface area (Å²) in [6.07, 6.45) is 0.774. The Morgan fingerprint density at radius 2 is 1.67 bits per heavy atom. The first-order chi connectivity index (χ1) is 15.8. The molecule has 1 heterocycles. The lowest BCUT2D eigenvalue weighted by molar-refractivity contribution is 0.0697. The van der Waals surface area contributed by atoms with Gasteiger partial charge in [-0.05, 0) is 47.9 Å². The van der Waals surface area contributed by atoms with Gasteiger partial charge < -0.3 is 9.67 Å². The highest BCUT2D eigenvalue weighted by Gasteiger charge is 2.15. The molecule has 4 aromatic rings. The van der Waals surface area contributed by atoms with Crippen molar-refractivity contribution in [2.45, 2.75) is 18.2 Å². The third-order valence-corrected chi connectivity index (χ3v) is 6.78. The number of aryl methyl sites for hydroxylation is 2. The van der Waals surface area contributed by atoms with Crippen LogP contribution in [-0.4, -0.2) is 24.1 Å². The summed E-state index contributed by atoms with van der Waals surface area (Å²) in [5.74, 6) is -1.04. The van der Waals surface area contributed by atoms with Crippen molar-refractivity contribution in [1.29, 1.82) is 0 Å². The lowest BCUT2D eigenvalue weighted by atomic mass is 10.00. The van der Waals surface area contributed by atoms with Crippen molar-refractivity contribution in [2.24, 2.45) is 12.1 Å². The predicted molar refractivity (Wildman–Crippen MR) is 127 cm³/mol. The number of carboxylic acid groups (broad SMARTS) is 1. The molecule has 4 rings (SSSR count). The van der Waals surface area contributed by atoms with Crippen molar-refractivity contribution in [3.8, 4) is 11.1 Å². The first-order valence-corrected chi connectivity index (χ1v) is 11.9. The van der Waals surface area contributed by atoms with Crippen LogP contribution in [0.1, 0.15) is 23.0 Å². The Kier molecular flexibility index (Phi) is 6.02. The summed E-state index contributed by atoms with van der Waals surface area (Å²) in [6.45, 7) is 2.03. The second-order valence-electron chi connectivity index (χ2n) is 7.53. The van der Waals surface area contributed by atoms with Crippen molar-refractivity contribution < 1.29 is 18.3 Å². The molecule has 0 aliphatic carbocycles. The second kappa shape index (κ2) is 8.91. The van der Waals surface area contributed by atoms with E-state index >= 15 is 0 Å². The van der Waals surface area contributed by atoms with E-state index in [2.05, 4.69) is 14.5 Å². The van der Waals surface area contributed by atoms with Crippen molar-refractivity contribution >= 4 is 26.9 Å². The van der Waals surface area contributed by atoms with Crippen molar-refractivity contribution in [2.75, 3.05) is 0 Å². The number of hydrogen-bond donors (Lipinski definition) is 2. The summed E-state index contributed by atoms with van der Waals surface area (Å²) < 4.78 is 27.8. The Morgan fingerprint density at radius 1 is 1.00 bits per heavy atom. The third-order valence-electron chi connectivity index (χ3n) is 5.56. The largest absolute Gasteiger partial charge is 0.478 e. The minimum Gasteiger partial charge on any atom is -0.478 e. The number of fused-ring (bicyclic) bond motifs is 1. The summed E-state index contributed by atoms with van der Waals surface area (Å²) in [7, 11) is -1.95. The molecule has 0 aliphatic rings. The Morgan fingerprint density at radius 3 is 2.36 bits per heavy atom. The summed E-state index contributed by atoms with van der Waals surface area (Å²) in [5.41, 5.74) is 3.25. The summed E-state index contributed by atoms with van der Waals surface area (Å²) in [6, 6.07) is 22.2. The van der Waals surface area contributed by atoms with E-state index in [1.807, 2.05) is 44.3 Å². The Balaban J connectivity index is 1.69. The number of nitrogens with one attached hydrogen (secondary N) is 1. The number of nitrogens with zero attached hydrogens (tertiary/aromatic N) is 2. The van der Waals surface area contributed by atoms with E-state index in [0.717, 1.165) is 23.0 Å². The van der Waals surface area contributed by atoms with Gasteiger partial charge in [-0.15, -0.1) is 0 Å². The smallest absolute Gasteiger partial charge is 0.336 e. The number of rotatable bonds is 6. The van der Waals surface area contributed by atoms with Gasteiger partial charge in [0.15, 0.2) is 0 Å². The van der Waals surface area contributed by atoms with Gasteiger partial charge in [0.1, 0.15) is 0 Å². The molecule has 0 aliphatic heterocycles. The Bertz CT molecular complexity index is 1520. The number of carboxylic acids is 1. The molecule has 8 heteroatoms.